The van der Waals surface area contributed by atoms with Gasteiger partial charge in [-0.3, -0.25) is 4.57 Å². The Morgan fingerprint density at radius 1 is 0.913 bits per heavy atom. The van der Waals surface area contributed by atoms with Crippen LogP contribution in [0.2, 0.25) is 0 Å². The molecule has 4 heteroatoms. The van der Waals surface area contributed by atoms with Crippen LogP contribution in [-0.4, -0.2) is 9.55 Å². The monoisotopic (exact) mass is 300 g/mol. The number of nitrogens with zero attached hydrogens (tertiary/aromatic N) is 2. The SMILES string of the molecule is C(#Cc1ccc(-c2nccn2-c2ccco2)o1)c1ccccc1. The van der Waals surface area contributed by atoms with Gasteiger partial charge in [0.1, 0.15) is 0 Å². The molecule has 1 aromatic carbocycles. The van der Waals surface area contributed by atoms with Gasteiger partial charge in [0.15, 0.2) is 17.3 Å². The number of benzene rings is 1. The molecule has 4 rings (SSSR count). The molecule has 3 heterocycles. The highest BCUT2D eigenvalue weighted by molar-refractivity contribution is 5.52. The molecule has 0 aliphatic carbocycles. The molecule has 23 heavy (non-hydrogen) atoms. The van der Waals surface area contributed by atoms with Crippen LogP contribution in [0, 0.1) is 11.8 Å². The van der Waals surface area contributed by atoms with Crippen molar-refractivity contribution in [2.24, 2.45) is 0 Å². The van der Waals surface area contributed by atoms with Crippen molar-refractivity contribution >= 4 is 0 Å². The third-order valence-electron chi connectivity index (χ3n) is 3.31. The zero-order valence-electron chi connectivity index (χ0n) is 12.1. The van der Waals surface area contributed by atoms with Crippen molar-refractivity contribution in [3.8, 4) is 29.3 Å². The van der Waals surface area contributed by atoms with Crippen LogP contribution in [-0.2, 0) is 0 Å². The molecule has 0 unspecified atom stereocenters. The maximum absolute atomic E-state index is 5.79. The Hall–Kier alpha value is -3.45. The average Bonchev–Trinajstić information content (AvgIpc) is 3.32. The van der Waals surface area contributed by atoms with Crippen molar-refractivity contribution in [3.63, 3.8) is 0 Å². The molecule has 0 N–H and O–H groups in total. The van der Waals surface area contributed by atoms with Gasteiger partial charge < -0.3 is 8.83 Å². The molecule has 0 aliphatic rings. The third-order valence-corrected chi connectivity index (χ3v) is 3.31. The molecule has 0 saturated carbocycles. The Morgan fingerprint density at radius 2 is 1.83 bits per heavy atom. The fourth-order valence-corrected chi connectivity index (χ4v) is 2.25. The fourth-order valence-electron chi connectivity index (χ4n) is 2.25. The van der Waals surface area contributed by atoms with Crippen molar-refractivity contribution in [1.29, 1.82) is 0 Å². The minimum absolute atomic E-state index is 0.595. The van der Waals surface area contributed by atoms with E-state index < -0.39 is 0 Å². The Bertz CT molecular complexity index is 967. The highest BCUT2D eigenvalue weighted by Crippen LogP contribution is 2.23. The molecule has 3 aromatic heterocycles. The van der Waals surface area contributed by atoms with Crippen molar-refractivity contribution in [2.45, 2.75) is 0 Å². The van der Waals surface area contributed by atoms with Gasteiger partial charge in [0.25, 0.3) is 0 Å². The second kappa shape index (κ2) is 5.74. The van der Waals surface area contributed by atoms with Gasteiger partial charge in [-0.2, -0.15) is 0 Å². The van der Waals surface area contributed by atoms with E-state index in [0.717, 1.165) is 5.56 Å². The van der Waals surface area contributed by atoms with Gasteiger partial charge in [0, 0.05) is 24.0 Å². The number of rotatable bonds is 2. The molecule has 0 saturated heterocycles. The zero-order valence-corrected chi connectivity index (χ0v) is 12.1. The van der Waals surface area contributed by atoms with Gasteiger partial charge in [-0.15, -0.1) is 0 Å². The molecular formula is C19H12N2O2. The number of hydrogen-bond donors (Lipinski definition) is 0. The summed E-state index contributed by atoms with van der Waals surface area (Å²) < 4.78 is 13.0. The van der Waals surface area contributed by atoms with Crippen LogP contribution >= 0.6 is 0 Å². The van der Waals surface area contributed by atoms with E-state index in [2.05, 4.69) is 16.8 Å². The molecule has 4 aromatic rings. The maximum atomic E-state index is 5.79. The number of imidazole rings is 1. The Kier molecular flexibility index (Phi) is 3.30. The zero-order chi connectivity index (χ0) is 15.5. The summed E-state index contributed by atoms with van der Waals surface area (Å²) in [6.45, 7) is 0. The number of hydrogen-bond acceptors (Lipinski definition) is 3. The lowest BCUT2D eigenvalue weighted by atomic mass is 10.2. The average molecular weight is 300 g/mol. The Labute approximate surface area is 133 Å². The van der Waals surface area contributed by atoms with E-state index in [0.29, 0.717) is 23.2 Å². The van der Waals surface area contributed by atoms with Crippen LogP contribution in [0.3, 0.4) is 0 Å². The normalized spacial score (nSPS) is 10.3. The molecule has 4 nitrogen and oxygen atoms in total. The van der Waals surface area contributed by atoms with E-state index >= 15 is 0 Å². The third kappa shape index (κ3) is 2.68. The number of aromatic nitrogens is 2. The van der Waals surface area contributed by atoms with E-state index in [4.69, 9.17) is 8.83 Å². The Morgan fingerprint density at radius 3 is 2.65 bits per heavy atom. The lowest BCUT2D eigenvalue weighted by molar-refractivity contribution is 0.530. The minimum atomic E-state index is 0.595. The fraction of sp³-hybridized carbons (Fsp3) is 0. The van der Waals surface area contributed by atoms with E-state index in [-0.39, 0.29) is 0 Å². The summed E-state index contributed by atoms with van der Waals surface area (Å²) in [5.74, 6) is 8.69. The minimum Gasteiger partial charge on any atom is -0.448 e. The van der Waals surface area contributed by atoms with Crippen LogP contribution < -0.4 is 0 Å². The molecular weight excluding hydrogens is 288 g/mol. The van der Waals surface area contributed by atoms with Gasteiger partial charge in [-0.25, -0.2) is 4.98 Å². The molecule has 0 fully saturated rings. The first kappa shape index (κ1) is 13.2. The summed E-state index contributed by atoms with van der Waals surface area (Å²) in [5, 5.41) is 0. The molecule has 0 radical (unpaired) electrons. The summed E-state index contributed by atoms with van der Waals surface area (Å²) in [4.78, 5) is 4.34. The molecule has 0 amide bonds. The standard InChI is InChI=1S/C19H12N2O2/c1-2-5-15(6-3-1)8-9-16-10-11-17(23-16)19-20-12-13-21(19)18-7-4-14-22-18/h1-7,10-14H. The van der Waals surface area contributed by atoms with Crippen LogP contribution in [0.1, 0.15) is 11.3 Å². The maximum Gasteiger partial charge on any atom is 0.205 e. The van der Waals surface area contributed by atoms with Gasteiger partial charge in [0.2, 0.25) is 5.88 Å². The van der Waals surface area contributed by atoms with Crippen LogP contribution in [0.25, 0.3) is 17.5 Å². The van der Waals surface area contributed by atoms with Gasteiger partial charge >= 0.3 is 0 Å². The lowest BCUT2D eigenvalue weighted by Gasteiger charge is -2.00. The smallest absolute Gasteiger partial charge is 0.205 e. The molecule has 110 valence electrons. The van der Waals surface area contributed by atoms with Crippen molar-refractivity contribution in [2.75, 3.05) is 0 Å². The van der Waals surface area contributed by atoms with E-state index in [9.17, 15) is 0 Å². The van der Waals surface area contributed by atoms with Crippen molar-refractivity contribution in [1.82, 2.24) is 9.55 Å². The predicted molar refractivity (Wildman–Crippen MR) is 86.0 cm³/mol. The first-order chi connectivity index (χ1) is 11.4. The summed E-state index contributed by atoms with van der Waals surface area (Å²) in [5.41, 5.74) is 0.947. The molecule has 0 spiro atoms. The number of furan rings is 2. The van der Waals surface area contributed by atoms with Crippen LogP contribution in [0.4, 0.5) is 0 Å². The first-order valence-electron chi connectivity index (χ1n) is 7.15. The molecule has 0 aliphatic heterocycles. The van der Waals surface area contributed by atoms with E-state index in [1.807, 2.05) is 65.4 Å². The highest BCUT2D eigenvalue weighted by Gasteiger charge is 2.12. The lowest BCUT2D eigenvalue weighted by Crippen LogP contribution is -1.93. The summed E-state index contributed by atoms with van der Waals surface area (Å²) in [6, 6.07) is 17.2. The summed E-state index contributed by atoms with van der Waals surface area (Å²) in [7, 11) is 0. The van der Waals surface area contributed by atoms with E-state index in [1.165, 1.54) is 0 Å². The van der Waals surface area contributed by atoms with Gasteiger partial charge in [-0.05, 0) is 36.3 Å². The van der Waals surface area contributed by atoms with Crippen molar-refractivity contribution in [3.05, 3.63) is 84.6 Å². The second-order valence-corrected chi connectivity index (χ2v) is 4.85. The van der Waals surface area contributed by atoms with E-state index in [1.54, 1.807) is 12.5 Å². The van der Waals surface area contributed by atoms with Gasteiger partial charge in [0.05, 0.1) is 6.26 Å². The van der Waals surface area contributed by atoms with Crippen LogP contribution in [0.15, 0.2) is 82.1 Å². The summed E-state index contributed by atoms with van der Waals surface area (Å²) in [6.07, 6.45) is 5.15. The highest BCUT2D eigenvalue weighted by atomic mass is 16.4. The quantitative estimate of drug-likeness (QED) is 0.523. The molecule has 0 atom stereocenters. The van der Waals surface area contributed by atoms with Gasteiger partial charge in [-0.1, -0.05) is 24.1 Å². The largest absolute Gasteiger partial charge is 0.448 e. The first-order valence-corrected chi connectivity index (χ1v) is 7.15. The summed E-state index contributed by atoms with van der Waals surface area (Å²) >= 11 is 0. The topological polar surface area (TPSA) is 44.1 Å². The second-order valence-electron chi connectivity index (χ2n) is 4.85. The van der Waals surface area contributed by atoms with Crippen LogP contribution in [0.5, 0.6) is 0 Å². The predicted octanol–water partition coefficient (Wildman–Crippen LogP) is 4.13. The van der Waals surface area contributed by atoms with Crippen molar-refractivity contribution < 1.29 is 8.83 Å². The Balaban J connectivity index is 1.65. The molecule has 0 bridgehead atoms.